The first-order valence-electron chi connectivity index (χ1n) is 6.35. The lowest BCUT2D eigenvalue weighted by Crippen LogP contribution is -2.18. The molecule has 17 heavy (non-hydrogen) atoms. The Morgan fingerprint density at radius 3 is 2.94 bits per heavy atom. The smallest absolute Gasteiger partial charge is 0.120 e. The van der Waals surface area contributed by atoms with Gasteiger partial charge in [-0.1, -0.05) is 19.1 Å². The minimum absolute atomic E-state index is 0.419. The summed E-state index contributed by atoms with van der Waals surface area (Å²) in [5, 5.41) is 3.37. The van der Waals surface area contributed by atoms with E-state index < -0.39 is 0 Å². The molecule has 1 aromatic rings. The van der Waals surface area contributed by atoms with Crippen LogP contribution in [0.15, 0.2) is 24.3 Å². The SMILES string of the molecule is CCSCC(NC)c1cccc(OC2CC2)c1. The minimum Gasteiger partial charge on any atom is -0.490 e. The van der Waals surface area contributed by atoms with E-state index in [-0.39, 0.29) is 0 Å². The van der Waals surface area contributed by atoms with Crippen molar-refractivity contribution in [1.29, 1.82) is 0 Å². The van der Waals surface area contributed by atoms with Gasteiger partial charge in [-0.2, -0.15) is 11.8 Å². The lowest BCUT2D eigenvalue weighted by molar-refractivity contribution is 0.302. The third-order valence-corrected chi connectivity index (χ3v) is 3.90. The molecule has 1 N–H and O–H groups in total. The van der Waals surface area contributed by atoms with E-state index in [1.807, 2.05) is 18.8 Å². The quantitative estimate of drug-likeness (QED) is 0.804. The Hall–Kier alpha value is -0.670. The Morgan fingerprint density at radius 2 is 2.29 bits per heavy atom. The van der Waals surface area contributed by atoms with Crippen LogP contribution in [0.3, 0.4) is 0 Å². The van der Waals surface area contributed by atoms with E-state index >= 15 is 0 Å². The molecule has 2 nitrogen and oxygen atoms in total. The van der Waals surface area contributed by atoms with Crippen LogP contribution in [0, 0.1) is 0 Å². The molecule has 0 aromatic heterocycles. The highest BCUT2D eigenvalue weighted by Gasteiger charge is 2.23. The van der Waals surface area contributed by atoms with Gasteiger partial charge in [-0.05, 0) is 43.3 Å². The summed E-state index contributed by atoms with van der Waals surface area (Å²) in [6.07, 6.45) is 2.90. The maximum atomic E-state index is 5.83. The molecule has 0 spiro atoms. The molecule has 1 aromatic carbocycles. The van der Waals surface area contributed by atoms with Crippen LogP contribution in [-0.4, -0.2) is 24.7 Å². The highest BCUT2D eigenvalue weighted by molar-refractivity contribution is 7.99. The van der Waals surface area contributed by atoms with Crippen molar-refractivity contribution in [3.63, 3.8) is 0 Å². The zero-order chi connectivity index (χ0) is 12.1. The Labute approximate surface area is 108 Å². The molecule has 0 saturated heterocycles. The second-order valence-electron chi connectivity index (χ2n) is 4.39. The van der Waals surface area contributed by atoms with Gasteiger partial charge in [-0.15, -0.1) is 0 Å². The normalized spacial score (nSPS) is 16.8. The Balaban J connectivity index is 2.01. The van der Waals surface area contributed by atoms with Crippen LogP contribution in [0.4, 0.5) is 0 Å². The van der Waals surface area contributed by atoms with Gasteiger partial charge in [0.25, 0.3) is 0 Å². The molecule has 1 aliphatic carbocycles. The van der Waals surface area contributed by atoms with Crippen molar-refractivity contribution in [3.8, 4) is 5.75 Å². The number of thioether (sulfide) groups is 1. The van der Waals surface area contributed by atoms with Gasteiger partial charge in [0.05, 0.1) is 6.10 Å². The van der Waals surface area contributed by atoms with E-state index in [0.29, 0.717) is 12.1 Å². The van der Waals surface area contributed by atoms with Crippen LogP contribution < -0.4 is 10.1 Å². The number of nitrogens with one attached hydrogen (secondary N) is 1. The Morgan fingerprint density at radius 1 is 1.47 bits per heavy atom. The summed E-state index contributed by atoms with van der Waals surface area (Å²) in [4.78, 5) is 0. The van der Waals surface area contributed by atoms with E-state index in [1.165, 1.54) is 18.4 Å². The predicted molar refractivity (Wildman–Crippen MR) is 74.9 cm³/mol. The highest BCUT2D eigenvalue weighted by atomic mass is 32.2. The first kappa shape index (κ1) is 12.8. The molecule has 0 radical (unpaired) electrons. The number of hydrogen-bond donors (Lipinski definition) is 1. The van der Waals surface area contributed by atoms with E-state index in [4.69, 9.17) is 4.74 Å². The summed E-state index contributed by atoms with van der Waals surface area (Å²) < 4.78 is 5.83. The topological polar surface area (TPSA) is 21.3 Å². The summed E-state index contributed by atoms with van der Waals surface area (Å²) in [6, 6.07) is 8.92. The zero-order valence-electron chi connectivity index (χ0n) is 10.6. The van der Waals surface area contributed by atoms with Crippen LogP contribution in [0.5, 0.6) is 5.75 Å². The van der Waals surface area contributed by atoms with Gasteiger partial charge in [0.1, 0.15) is 5.75 Å². The monoisotopic (exact) mass is 251 g/mol. The molecule has 0 amide bonds. The van der Waals surface area contributed by atoms with Crippen molar-refractivity contribution in [2.24, 2.45) is 0 Å². The standard InChI is InChI=1S/C14H21NOS/c1-3-17-10-14(15-2)11-5-4-6-13(9-11)16-12-7-8-12/h4-6,9,12,14-15H,3,7-8,10H2,1-2H3. The average Bonchev–Trinajstić information content (AvgIpc) is 3.15. The molecule has 2 rings (SSSR count). The fraction of sp³-hybridized carbons (Fsp3) is 0.571. The molecule has 94 valence electrons. The van der Waals surface area contributed by atoms with Crippen molar-refractivity contribution in [1.82, 2.24) is 5.32 Å². The first-order chi connectivity index (χ1) is 8.33. The fourth-order valence-corrected chi connectivity index (χ4v) is 2.60. The fourth-order valence-electron chi connectivity index (χ4n) is 1.76. The molecule has 0 heterocycles. The molecule has 1 atom stereocenters. The van der Waals surface area contributed by atoms with Crippen LogP contribution in [0.2, 0.25) is 0 Å². The molecular formula is C14H21NOS. The van der Waals surface area contributed by atoms with E-state index in [2.05, 4.69) is 36.5 Å². The zero-order valence-corrected chi connectivity index (χ0v) is 11.4. The van der Waals surface area contributed by atoms with Crippen LogP contribution in [0.25, 0.3) is 0 Å². The molecule has 1 fully saturated rings. The lowest BCUT2D eigenvalue weighted by atomic mass is 10.1. The van der Waals surface area contributed by atoms with Gasteiger partial charge in [-0.3, -0.25) is 0 Å². The maximum absolute atomic E-state index is 5.83. The molecule has 3 heteroatoms. The summed E-state index contributed by atoms with van der Waals surface area (Å²) in [5.74, 6) is 3.29. The van der Waals surface area contributed by atoms with Gasteiger partial charge in [0.15, 0.2) is 0 Å². The Bertz CT molecular complexity index is 352. The highest BCUT2D eigenvalue weighted by Crippen LogP contribution is 2.28. The summed E-state index contributed by atoms with van der Waals surface area (Å²) >= 11 is 1.96. The van der Waals surface area contributed by atoms with Gasteiger partial charge in [0, 0.05) is 11.8 Å². The first-order valence-corrected chi connectivity index (χ1v) is 7.50. The van der Waals surface area contributed by atoms with Gasteiger partial charge in [0.2, 0.25) is 0 Å². The number of rotatable bonds is 7. The van der Waals surface area contributed by atoms with Gasteiger partial charge >= 0.3 is 0 Å². The average molecular weight is 251 g/mol. The number of hydrogen-bond acceptors (Lipinski definition) is 3. The third kappa shape index (κ3) is 3.93. The van der Waals surface area contributed by atoms with Crippen molar-refractivity contribution < 1.29 is 4.74 Å². The third-order valence-electron chi connectivity index (χ3n) is 2.92. The van der Waals surface area contributed by atoms with E-state index in [9.17, 15) is 0 Å². The predicted octanol–water partition coefficient (Wildman–Crippen LogP) is 3.24. The van der Waals surface area contributed by atoms with Crippen LogP contribution in [0.1, 0.15) is 31.4 Å². The molecule has 0 aliphatic heterocycles. The second kappa shape index (κ2) is 6.31. The number of benzene rings is 1. The summed E-state index contributed by atoms with van der Waals surface area (Å²) in [5.41, 5.74) is 1.33. The molecule has 1 saturated carbocycles. The largest absolute Gasteiger partial charge is 0.490 e. The molecule has 1 unspecified atom stereocenters. The Kier molecular flexibility index (Phi) is 4.75. The molecular weight excluding hydrogens is 230 g/mol. The van der Waals surface area contributed by atoms with E-state index in [0.717, 1.165) is 17.3 Å². The summed E-state index contributed by atoms with van der Waals surface area (Å²) in [7, 11) is 2.02. The number of ether oxygens (including phenoxy) is 1. The van der Waals surface area contributed by atoms with Crippen molar-refractivity contribution in [3.05, 3.63) is 29.8 Å². The van der Waals surface area contributed by atoms with E-state index in [1.54, 1.807) is 0 Å². The molecule has 0 bridgehead atoms. The van der Waals surface area contributed by atoms with Gasteiger partial charge < -0.3 is 10.1 Å². The maximum Gasteiger partial charge on any atom is 0.120 e. The molecule has 1 aliphatic rings. The lowest BCUT2D eigenvalue weighted by Gasteiger charge is -2.17. The van der Waals surface area contributed by atoms with Crippen molar-refractivity contribution >= 4 is 11.8 Å². The van der Waals surface area contributed by atoms with Gasteiger partial charge in [-0.25, -0.2) is 0 Å². The minimum atomic E-state index is 0.419. The van der Waals surface area contributed by atoms with Crippen LogP contribution in [-0.2, 0) is 0 Å². The second-order valence-corrected chi connectivity index (χ2v) is 5.71. The summed E-state index contributed by atoms with van der Waals surface area (Å²) in [6.45, 7) is 2.20. The van der Waals surface area contributed by atoms with Crippen LogP contribution >= 0.6 is 11.8 Å². The van der Waals surface area contributed by atoms with Crippen molar-refractivity contribution in [2.75, 3.05) is 18.6 Å². The van der Waals surface area contributed by atoms with Crippen molar-refractivity contribution in [2.45, 2.75) is 31.9 Å².